The van der Waals surface area contributed by atoms with Gasteiger partial charge in [-0.3, -0.25) is 4.90 Å². The lowest BCUT2D eigenvalue weighted by atomic mass is 10.1. The second-order valence-corrected chi connectivity index (χ2v) is 6.04. The molecular weight excluding hydrogens is 238 g/mol. The third-order valence-corrected chi connectivity index (χ3v) is 4.75. The van der Waals surface area contributed by atoms with Gasteiger partial charge in [0.1, 0.15) is 0 Å². The summed E-state index contributed by atoms with van der Waals surface area (Å²) in [6, 6.07) is 1.16. The second-order valence-electron chi connectivity index (χ2n) is 6.04. The molecule has 0 aromatic carbocycles. The molecule has 0 aromatic heterocycles. The Morgan fingerprint density at radius 1 is 1.16 bits per heavy atom. The van der Waals surface area contributed by atoms with Crippen molar-refractivity contribution in [3.05, 3.63) is 0 Å². The molecule has 2 rings (SSSR count). The van der Waals surface area contributed by atoms with Crippen molar-refractivity contribution in [1.82, 2.24) is 15.1 Å². The monoisotopic (exact) mass is 269 g/mol. The van der Waals surface area contributed by atoms with Gasteiger partial charge in [-0.05, 0) is 32.4 Å². The van der Waals surface area contributed by atoms with Crippen LogP contribution in [0.15, 0.2) is 0 Å². The van der Waals surface area contributed by atoms with Gasteiger partial charge in [0.15, 0.2) is 0 Å². The number of likely N-dealkylation sites (N-methyl/N-ethyl adjacent to an activating group) is 1. The molecule has 0 amide bonds. The zero-order valence-electron chi connectivity index (χ0n) is 12.5. The summed E-state index contributed by atoms with van der Waals surface area (Å²) < 4.78 is 0. The molecule has 2 N–H and O–H groups in total. The third-order valence-electron chi connectivity index (χ3n) is 4.75. The van der Waals surface area contributed by atoms with E-state index in [4.69, 9.17) is 0 Å². The van der Waals surface area contributed by atoms with Gasteiger partial charge in [0, 0.05) is 38.3 Å². The molecule has 1 saturated heterocycles. The van der Waals surface area contributed by atoms with Crippen molar-refractivity contribution in [2.75, 3.05) is 45.9 Å². The van der Waals surface area contributed by atoms with Gasteiger partial charge in [0.05, 0.1) is 6.61 Å². The average Bonchev–Trinajstić information content (AvgIpc) is 2.98. The Balaban J connectivity index is 1.62. The Morgan fingerprint density at radius 3 is 2.42 bits per heavy atom. The first-order chi connectivity index (χ1) is 9.33. The van der Waals surface area contributed by atoms with Crippen LogP contribution in [0.3, 0.4) is 0 Å². The van der Waals surface area contributed by atoms with Gasteiger partial charge in [-0.15, -0.1) is 0 Å². The molecule has 1 unspecified atom stereocenters. The molecule has 0 aromatic rings. The molecule has 19 heavy (non-hydrogen) atoms. The highest BCUT2D eigenvalue weighted by atomic mass is 16.3. The molecule has 1 aliphatic heterocycles. The molecule has 1 atom stereocenters. The van der Waals surface area contributed by atoms with Crippen LogP contribution in [0.4, 0.5) is 0 Å². The van der Waals surface area contributed by atoms with Crippen molar-refractivity contribution >= 4 is 0 Å². The SMILES string of the molecule is CCNC(CO)CCN1CCN(C2CCCC2)CC1. The van der Waals surface area contributed by atoms with Crippen LogP contribution >= 0.6 is 0 Å². The summed E-state index contributed by atoms with van der Waals surface area (Å²) in [4.78, 5) is 5.27. The molecule has 2 fully saturated rings. The molecule has 1 saturated carbocycles. The molecule has 4 heteroatoms. The molecule has 2 aliphatic rings. The number of rotatable bonds is 7. The van der Waals surface area contributed by atoms with Gasteiger partial charge >= 0.3 is 0 Å². The van der Waals surface area contributed by atoms with E-state index in [-0.39, 0.29) is 12.6 Å². The molecule has 0 bridgehead atoms. The van der Waals surface area contributed by atoms with Crippen molar-refractivity contribution in [2.45, 2.75) is 51.1 Å². The van der Waals surface area contributed by atoms with E-state index in [0.29, 0.717) is 0 Å². The average molecular weight is 269 g/mol. The van der Waals surface area contributed by atoms with Crippen LogP contribution in [-0.4, -0.2) is 72.9 Å². The zero-order valence-corrected chi connectivity index (χ0v) is 12.5. The number of hydrogen-bond donors (Lipinski definition) is 2. The normalized spacial score (nSPS) is 24.9. The van der Waals surface area contributed by atoms with E-state index >= 15 is 0 Å². The lowest BCUT2D eigenvalue weighted by Gasteiger charge is -2.38. The van der Waals surface area contributed by atoms with Gasteiger partial charge in [0.25, 0.3) is 0 Å². The van der Waals surface area contributed by atoms with Crippen molar-refractivity contribution in [3.8, 4) is 0 Å². The van der Waals surface area contributed by atoms with Crippen LogP contribution in [0.1, 0.15) is 39.0 Å². The summed E-state index contributed by atoms with van der Waals surface area (Å²) in [6.07, 6.45) is 6.78. The minimum Gasteiger partial charge on any atom is -0.395 e. The topological polar surface area (TPSA) is 38.7 Å². The zero-order chi connectivity index (χ0) is 13.5. The van der Waals surface area contributed by atoms with Gasteiger partial charge in [0.2, 0.25) is 0 Å². The van der Waals surface area contributed by atoms with Gasteiger partial charge in [-0.2, -0.15) is 0 Å². The molecule has 0 radical (unpaired) electrons. The van der Waals surface area contributed by atoms with E-state index < -0.39 is 0 Å². The first kappa shape index (κ1) is 15.2. The number of piperazine rings is 1. The number of nitrogens with zero attached hydrogens (tertiary/aromatic N) is 2. The number of aliphatic hydroxyl groups excluding tert-OH is 1. The maximum Gasteiger partial charge on any atom is 0.0585 e. The molecule has 0 spiro atoms. The van der Waals surface area contributed by atoms with E-state index in [2.05, 4.69) is 22.0 Å². The lowest BCUT2D eigenvalue weighted by Crippen LogP contribution is -2.50. The third kappa shape index (κ3) is 4.71. The van der Waals surface area contributed by atoms with Gasteiger partial charge in [-0.25, -0.2) is 0 Å². The maximum atomic E-state index is 9.28. The van der Waals surface area contributed by atoms with Crippen LogP contribution in [0.2, 0.25) is 0 Å². The van der Waals surface area contributed by atoms with Crippen LogP contribution in [0, 0.1) is 0 Å². The number of hydrogen-bond acceptors (Lipinski definition) is 4. The fourth-order valence-electron chi connectivity index (χ4n) is 3.51. The van der Waals surface area contributed by atoms with Crippen LogP contribution < -0.4 is 5.32 Å². The molecule has 1 aliphatic carbocycles. The van der Waals surface area contributed by atoms with E-state index in [9.17, 15) is 5.11 Å². The minimum atomic E-state index is 0.260. The van der Waals surface area contributed by atoms with Crippen molar-refractivity contribution in [2.24, 2.45) is 0 Å². The largest absolute Gasteiger partial charge is 0.395 e. The van der Waals surface area contributed by atoms with Gasteiger partial charge in [-0.1, -0.05) is 19.8 Å². The lowest BCUT2D eigenvalue weighted by molar-refractivity contribution is 0.0928. The molecule has 112 valence electrons. The summed E-state index contributed by atoms with van der Waals surface area (Å²) in [6.45, 7) is 9.34. The van der Waals surface area contributed by atoms with E-state index in [0.717, 1.165) is 25.6 Å². The number of aliphatic hydroxyl groups is 1. The quantitative estimate of drug-likeness (QED) is 0.720. The summed E-state index contributed by atoms with van der Waals surface area (Å²) >= 11 is 0. The maximum absolute atomic E-state index is 9.28. The highest BCUT2D eigenvalue weighted by Gasteiger charge is 2.26. The molecule has 4 nitrogen and oxygen atoms in total. The van der Waals surface area contributed by atoms with E-state index in [1.165, 1.54) is 51.9 Å². The Morgan fingerprint density at radius 2 is 1.84 bits per heavy atom. The highest BCUT2D eigenvalue weighted by molar-refractivity contribution is 4.82. The Kier molecular flexibility index (Phi) is 6.57. The Hall–Kier alpha value is -0.160. The predicted molar refractivity (Wildman–Crippen MR) is 79.4 cm³/mol. The molecule has 1 heterocycles. The van der Waals surface area contributed by atoms with Crippen LogP contribution in [0.25, 0.3) is 0 Å². The van der Waals surface area contributed by atoms with Crippen LogP contribution in [0.5, 0.6) is 0 Å². The van der Waals surface area contributed by atoms with Crippen molar-refractivity contribution < 1.29 is 5.11 Å². The summed E-state index contributed by atoms with van der Waals surface area (Å²) in [7, 11) is 0. The minimum absolute atomic E-state index is 0.260. The number of nitrogens with one attached hydrogen (secondary N) is 1. The van der Waals surface area contributed by atoms with Crippen molar-refractivity contribution in [1.29, 1.82) is 0 Å². The first-order valence-electron chi connectivity index (χ1n) is 8.14. The Labute approximate surface area is 118 Å². The molecular formula is C15H31N3O. The van der Waals surface area contributed by atoms with Crippen molar-refractivity contribution in [3.63, 3.8) is 0 Å². The highest BCUT2D eigenvalue weighted by Crippen LogP contribution is 2.24. The summed E-state index contributed by atoms with van der Waals surface area (Å²) in [5.74, 6) is 0. The second kappa shape index (κ2) is 8.20. The first-order valence-corrected chi connectivity index (χ1v) is 8.14. The predicted octanol–water partition coefficient (Wildman–Crippen LogP) is 0.907. The smallest absolute Gasteiger partial charge is 0.0585 e. The summed E-state index contributed by atoms with van der Waals surface area (Å²) in [5, 5.41) is 12.6. The summed E-state index contributed by atoms with van der Waals surface area (Å²) in [5.41, 5.74) is 0. The van der Waals surface area contributed by atoms with Crippen LogP contribution in [-0.2, 0) is 0 Å². The van der Waals surface area contributed by atoms with Gasteiger partial charge < -0.3 is 15.3 Å². The standard InChI is InChI=1S/C15H31N3O/c1-2-16-14(13-19)7-8-17-9-11-18(12-10-17)15-5-3-4-6-15/h14-16,19H,2-13H2,1H3. The fraction of sp³-hybridized carbons (Fsp3) is 1.00. The van der Waals surface area contributed by atoms with E-state index in [1.807, 2.05) is 0 Å². The fourth-order valence-corrected chi connectivity index (χ4v) is 3.51. The Bertz CT molecular complexity index is 236. The van der Waals surface area contributed by atoms with E-state index in [1.54, 1.807) is 0 Å².